The number of aryl methyl sites for hydroxylation is 1. The maximum Gasteiger partial charge on any atom is 0.286 e. The van der Waals surface area contributed by atoms with Gasteiger partial charge < -0.3 is 15.0 Å². The van der Waals surface area contributed by atoms with Crippen molar-refractivity contribution in [3.05, 3.63) is 52.6 Å². The normalized spacial score (nSPS) is 19.6. The number of ether oxygens (including phenoxy) is 1. The number of alkyl halides is 2. The zero-order valence-electron chi connectivity index (χ0n) is 21.2. The van der Waals surface area contributed by atoms with Crippen LogP contribution in [0.2, 0.25) is 0 Å². The first-order valence-electron chi connectivity index (χ1n) is 12.4. The van der Waals surface area contributed by atoms with Crippen molar-refractivity contribution in [1.29, 1.82) is 0 Å². The number of likely N-dealkylation sites (tertiary alicyclic amines) is 1. The smallest absolute Gasteiger partial charge is 0.286 e. The van der Waals surface area contributed by atoms with E-state index in [4.69, 9.17) is 4.74 Å². The zero-order valence-corrected chi connectivity index (χ0v) is 22.5. The Balaban J connectivity index is 0.00000380. The van der Waals surface area contributed by atoms with Crippen LogP contribution in [0.15, 0.2) is 18.2 Å². The molecule has 7 nitrogen and oxygen atoms in total. The molecule has 0 unspecified atom stereocenters. The van der Waals surface area contributed by atoms with Gasteiger partial charge in [0.15, 0.2) is 0 Å². The van der Waals surface area contributed by atoms with Crippen LogP contribution in [0.4, 0.5) is 13.2 Å². The first kappa shape index (κ1) is 29.2. The third kappa shape index (κ3) is 7.15. The van der Waals surface area contributed by atoms with Gasteiger partial charge in [-0.2, -0.15) is 25.5 Å². The minimum atomic E-state index is -3.15. The fourth-order valence-electron chi connectivity index (χ4n) is 4.68. The summed E-state index contributed by atoms with van der Waals surface area (Å²) in [5.74, 6) is -3.94. The molecular weight excluding hydrogens is 525 g/mol. The Morgan fingerprint density at radius 1 is 1.24 bits per heavy atom. The first-order chi connectivity index (χ1) is 17.1. The van der Waals surface area contributed by atoms with E-state index in [1.807, 2.05) is 0 Å². The molecule has 1 aromatic carbocycles. The van der Waals surface area contributed by atoms with Crippen molar-refractivity contribution in [2.24, 2.45) is 0 Å². The molecule has 0 spiro atoms. The Bertz CT molecular complexity index is 1100. The molecule has 0 radical (unpaired) electrons. The quantitative estimate of drug-likeness (QED) is 0.354. The van der Waals surface area contributed by atoms with Crippen molar-refractivity contribution in [2.75, 3.05) is 19.7 Å². The topological polar surface area (TPSA) is 76.5 Å². The van der Waals surface area contributed by atoms with Crippen molar-refractivity contribution < 1.29 is 44.9 Å². The number of carbonyl (C=O) groups is 2. The van der Waals surface area contributed by atoms with Crippen LogP contribution in [-0.4, -0.2) is 52.3 Å². The van der Waals surface area contributed by atoms with Crippen molar-refractivity contribution in [2.45, 2.75) is 77.0 Å². The molecule has 1 aromatic heterocycles. The van der Waals surface area contributed by atoms with Gasteiger partial charge in [0, 0.05) is 55.5 Å². The van der Waals surface area contributed by atoms with Crippen LogP contribution < -0.4 is 5.32 Å². The number of hydrogen-bond donors (Lipinski definition) is 1. The van der Waals surface area contributed by atoms with E-state index in [1.54, 1.807) is 13.8 Å². The average molecular weight is 558 g/mol. The molecule has 1 saturated carbocycles. The van der Waals surface area contributed by atoms with Gasteiger partial charge in [-0.25, -0.2) is 4.39 Å². The van der Waals surface area contributed by atoms with Crippen LogP contribution >= 0.6 is 0 Å². The molecule has 1 saturated heterocycles. The number of rotatable bonds is 10. The van der Waals surface area contributed by atoms with Crippen molar-refractivity contribution in [3.8, 4) is 0 Å². The zero-order chi connectivity index (χ0) is 26.0. The van der Waals surface area contributed by atoms with E-state index in [9.17, 15) is 22.8 Å². The van der Waals surface area contributed by atoms with Gasteiger partial charge in [0.1, 0.15) is 12.2 Å². The summed E-state index contributed by atoms with van der Waals surface area (Å²) in [5, 5.41) is 7.07. The van der Waals surface area contributed by atoms with Crippen LogP contribution in [0.5, 0.6) is 0 Å². The van der Waals surface area contributed by atoms with E-state index >= 15 is 0 Å². The monoisotopic (exact) mass is 557 g/mol. The molecule has 202 valence electrons. The average Bonchev–Trinajstić information content (AvgIpc) is 3.41. The van der Waals surface area contributed by atoms with Gasteiger partial charge in [0.2, 0.25) is 11.8 Å². The second-order valence-electron chi connectivity index (χ2n) is 9.65. The van der Waals surface area contributed by atoms with Crippen molar-refractivity contribution >= 4 is 11.8 Å². The first-order valence-corrected chi connectivity index (χ1v) is 12.4. The summed E-state index contributed by atoms with van der Waals surface area (Å²) in [6.07, 6.45) is 2.18. The van der Waals surface area contributed by atoms with Gasteiger partial charge >= 0.3 is 0 Å². The number of benzene rings is 1. The number of hydrogen-bond acceptors (Lipinski definition) is 4. The molecule has 2 fully saturated rings. The van der Waals surface area contributed by atoms with E-state index in [0.717, 1.165) is 24.4 Å². The molecule has 2 heterocycles. The van der Waals surface area contributed by atoms with Gasteiger partial charge in [-0.1, -0.05) is 13.8 Å². The summed E-state index contributed by atoms with van der Waals surface area (Å²) in [6, 6.07) is 6.55. The molecule has 1 aliphatic carbocycles. The Morgan fingerprint density at radius 2 is 1.97 bits per heavy atom. The van der Waals surface area contributed by atoms with Gasteiger partial charge in [-0.3, -0.25) is 14.3 Å². The number of amides is 2. The van der Waals surface area contributed by atoms with Crippen LogP contribution in [0.1, 0.15) is 74.0 Å². The molecule has 1 N–H and O–H groups in total. The van der Waals surface area contributed by atoms with Crippen LogP contribution in [0, 0.1) is 18.8 Å². The standard InChI is InChI=1S/C26H32F3N4O3.Cr/c1-4-23(34)30-8-10-36-21-7-9-32(25(21)18-11-16(2)12-19(27)13-18)24(35)15-33-22(26(3,28)29)14-20(31-33)17-5-6-17;/h12-14,17,21,25H,4-10,15H2,1-3H3,(H,30,34);/q-1;/t21-,25-;/m1./s1. The Hall–Kier alpha value is -2.35. The minimum absolute atomic E-state index is 0. The van der Waals surface area contributed by atoms with Gasteiger partial charge in [0.05, 0.1) is 24.4 Å². The molecule has 11 heteroatoms. The van der Waals surface area contributed by atoms with Crippen molar-refractivity contribution in [3.63, 3.8) is 0 Å². The van der Waals surface area contributed by atoms with Crippen molar-refractivity contribution in [1.82, 2.24) is 20.0 Å². The fraction of sp³-hybridized carbons (Fsp3) is 0.577. The van der Waals surface area contributed by atoms with Gasteiger partial charge in [-0.15, -0.1) is 17.7 Å². The Labute approximate surface area is 225 Å². The summed E-state index contributed by atoms with van der Waals surface area (Å²) < 4.78 is 50.0. The number of nitrogens with one attached hydrogen (secondary N) is 1. The molecular formula is C26H32CrF3N4O3-. The number of carbonyl (C=O) groups excluding carboxylic acids is 2. The fourth-order valence-corrected chi connectivity index (χ4v) is 4.68. The molecule has 2 atom stereocenters. The number of halogens is 3. The Morgan fingerprint density at radius 3 is 2.59 bits per heavy atom. The molecule has 2 aromatic rings. The summed E-state index contributed by atoms with van der Waals surface area (Å²) >= 11 is 0. The summed E-state index contributed by atoms with van der Waals surface area (Å²) in [4.78, 5) is 26.5. The summed E-state index contributed by atoms with van der Waals surface area (Å²) in [5.41, 5.74) is 1.33. The summed E-state index contributed by atoms with van der Waals surface area (Å²) in [7, 11) is 0. The third-order valence-corrected chi connectivity index (χ3v) is 6.58. The SMILES string of the molecule is CCC(=O)NCCO[C@@H]1CCN(C(=O)Cn2nc(C3CC3)cc2C(C)(F)F)[C@@H]1c1[c-]c(C)cc(F)c1.[Cr]. The largest absolute Gasteiger partial charge is 0.374 e. The number of aromatic nitrogens is 2. The molecule has 1 aliphatic heterocycles. The maximum atomic E-state index is 14.3. The van der Waals surface area contributed by atoms with E-state index in [0.29, 0.717) is 42.8 Å². The van der Waals surface area contributed by atoms with E-state index in [1.165, 1.54) is 23.1 Å². The molecule has 4 rings (SSSR count). The second kappa shape index (κ2) is 12.0. The third-order valence-electron chi connectivity index (χ3n) is 6.58. The van der Waals surface area contributed by atoms with Crippen LogP contribution in [-0.2, 0) is 44.2 Å². The van der Waals surface area contributed by atoms with E-state index in [-0.39, 0.29) is 48.0 Å². The Kier molecular flexibility index (Phi) is 9.48. The van der Waals surface area contributed by atoms with E-state index in [2.05, 4.69) is 16.5 Å². The molecule has 2 amide bonds. The predicted octanol–water partition coefficient (Wildman–Crippen LogP) is 4.00. The maximum absolute atomic E-state index is 14.3. The van der Waals surface area contributed by atoms with Gasteiger partial charge in [-0.05, 0) is 25.3 Å². The van der Waals surface area contributed by atoms with E-state index < -0.39 is 29.8 Å². The van der Waals surface area contributed by atoms with Crippen LogP contribution in [0.3, 0.4) is 0 Å². The number of nitrogens with zero attached hydrogens (tertiary/aromatic N) is 3. The molecule has 2 aliphatic rings. The minimum Gasteiger partial charge on any atom is -0.374 e. The predicted molar refractivity (Wildman–Crippen MR) is 126 cm³/mol. The second-order valence-corrected chi connectivity index (χ2v) is 9.65. The molecule has 37 heavy (non-hydrogen) atoms. The molecule has 0 bridgehead atoms. The van der Waals surface area contributed by atoms with Crippen LogP contribution in [0.25, 0.3) is 0 Å². The summed E-state index contributed by atoms with van der Waals surface area (Å²) in [6.45, 7) is 4.75. The van der Waals surface area contributed by atoms with Gasteiger partial charge in [0.25, 0.3) is 5.92 Å².